The van der Waals surface area contributed by atoms with E-state index in [9.17, 15) is 31.1 Å². The van der Waals surface area contributed by atoms with E-state index >= 15 is 0 Å². The third-order valence-electron chi connectivity index (χ3n) is 7.25. The van der Waals surface area contributed by atoms with Gasteiger partial charge in [0.15, 0.2) is 0 Å². The van der Waals surface area contributed by atoms with Crippen molar-refractivity contribution in [2.24, 2.45) is 11.8 Å². The quantitative estimate of drug-likeness (QED) is 0.251. The monoisotopic (exact) mass is 642 g/mol. The van der Waals surface area contributed by atoms with Gasteiger partial charge in [0.1, 0.15) is 18.1 Å². The number of benzene rings is 3. The van der Waals surface area contributed by atoms with Crippen LogP contribution >= 0.6 is 0 Å². The van der Waals surface area contributed by atoms with Gasteiger partial charge < -0.3 is 24.4 Å². The Morgan fingerprint density at radius 1 is 0.778 bits per heavy atom. The maximum atomic E-state index is 12.6. The lowest BCUT2D eigenvalue weighted by atomic mass is 10.1. The summed E-state index contributed by atoms with van der Waals surface area (Å²) < 4.78 is 90.9. The molecule has 3 aromatic carbocycles. The fourth-order valence-corrected chi connectivity index (χ4v) is 4.71. The van der Waals surface area contributed by atoms with Crippen LogP contribution < -0.4 is 14.8 Å². The molecule has 45 heavy (non-hydrogen) atoms. The highest BCUT2D eigenvalue weighted by molar-refractivity contribution is 5.68. The van der Waals surface area contributed by atoms with Crippen molar-refractivity contribution in [1.82, 2.24) is 10.2 Å². The fourth-order valence-electron chi connectivity index (χ4n) is 4.71. The molecule has 0 aromatic heterocycles. The van der Waals surface area contributed by atoms with Gasteiger partial charge in [-0.25, -0.2) is 4.79 Å². The second kappa shape index (κ2) is 16.4. The number of alkyl halides is 6. The molecule has 0 spiro atoms. The lowest BCUT2D eigenvalue weighted by Crippen LogP contribution is -2.30. The van der Waals surface area contributed by atoms with Gasteiger partial charge in [0, 0.05) is 32.9 Å². The maximum Gasteiger partial charge on any atom is 0.416 e. The summed E-state index contributed by atoms with van der Waals surface area (Å²) in [4.78, 5) is 13.8. The molecule has 248 valence electrons. The first kappa shape index (κ1) is 35.5. The summed E-state index contributed by atoms with van der Waals surface area (Å²) in [6, 6.07) is 18.9. The number of nitrogens with zero attached hydrogens (tertiary/aromatic N) is 1. The zero-order chi connectivity index (χ0) is 31.6. The molecule has 0 radical (unpaired) electrons. The smallest absolute Gasteiger partial charge is 0.416 e. The van der Waals surface area contributed by atoms with Gasteiger partial charge in [-0.3, -0.25) is 0 Å². The van der Waals surface area contributed by atoms with E-state index in [1.807, 2.05) is 30.3 Å². The summed E-state index contributed by atoms with van der Waals surface area (Å²) in [5.74, 6) is 1.45. The van der Waals surface area contributed by atoms with Crippen LogP contribution in [0.15, 0.2) is 78.9 Å². The Morgan fingerprint density at radius 2 is 1.31 bits per heavy atom. The van der Waals surface area contributed by atoms with E-state index in [4.69, 9.17) is 14.2 Å². The zero-order valence-electron chi connectivity index (χ0n) is 23.9. The van der Waals surface area contributed by atoms with E-state index in [2.05, 4.69) is 5.32 Å². The predicted molar refractivity (Wildman–Crippen MR) is 160 cm³/mol. The average molecular weight is 643 g/mol. The molecule has 0 unspecified atom stereocenters. The zero-order valence-corrected chi connectivity index (χ0v) is 23.9. The summed E-state index contributed by atoms with van der Waals surface area (Å²) in [5, 5.41) is 3.21. The number of carbonyl (C=O) groups excluding carboxylic acids is 1. The molecule has 2 heterocycles. The van der Waals surface area contributed by atoms with E-state index in [-0.39, 0.29) is 27.5 Å². The Bertz CT molecular complexity index is 1300. The Morgan fingerprint density at radius 3 is 1.80 bits per heavy atom. The highest BCUT2D eigenvalue weighted by Crippen LogP contribution is 2.31. The molecule has 5 rings (SSSR count). The third kappa shape index (κ3) is 11.5. The second-order valence-electron chi connectivity index (χ2n) is 10.7. The normalized spacial score (nSPS) is 18.0. The molecule has 2 fully saturated rings. The van der Waals surface area contributed by atoms with Crippen LogP contribution in [0.25, 0.3) is 0 Å². The molecule has 0 aliphatic carbocycles. The SMILES string of the molecule is C.FC(F)(F)c1ccc(OC[C@@H]2CCNC2)cc1.O=C(OCc1ccccc1)N1CC[C@@H](COc2ccc(C(F)(F)F)cc2)C1.[HH]. The van der Waals surface area contributed by atoms with Crippen LogP contribution in [0.2, 0.25) is 0 Å². The van der Waals surface area contributed by atoms with E-state index in [0.29, 0.717) is 43.7 Å². The largest absolute Gasteiger partial charge is 0.493 e. The summed E-state index contributed by atoms with van der Waals surface area (Å²) in [6.07, 6.45) is -7.18. The number of halogens is 6. The summed E-state index contributed by atoms with van der Waals surface area (Å²) in [7, 11) is 0. The van der Waals surface area contributed by atoms with E-state index < -0.39 is 23.5 Å². The van der Waals surface area contributed by atoms with E-state index in [0.717, 1.165) is 55.8 Å². The van der Waals surface area contributed by atoms with Crippen LogP contribution in [0, 0.1) is 11.8 Å². The minimum Gasteiger partial charge on any atom is -0.493 e. The van der Waals surface area contributed by atoms with Gasteiger partial charge in [0.25, 0.3) is 0 Å². The number of hydrogen-bond donors (Lipinski definition) is 1. The van der Waals surface area contributed by atoms with Gasteiger partial charge in [-0.05, 0) is 73.5 Å². The van der Waals surface area contributed by atoms with Gasteiger partial charge in [0.2, 0.25) is 0 Å². The Kier molecular flexibility index (Phi) is 13.0. The lowest BCUT2D eigenvalue weighted by molar-refractivity contribution is -0.138. The number of likely N-dealkylation sites (tertiary alicyclic amines) is 1. The van der Waals surface area contributed by atoms with E-state index in [1.165, 1.54) is 24.3 Å². The molecule has 6 nitrogen and oxygen atoms in total. The van der Waals surface area contributed by atoms with Crippen molar-refractivity contribution in [2.75, 3.05) is 39.4 Å². The number of hydrogen-bond acceptors (Lipinski definition) is 5. The van der Waals surface area contributed by atoms with Crippen LogP contribution in [0.5, 0.6) is 11.5 Å². The number of rotatable bonds is 8. The average Bonchev–Trinajstić information content (AvgIpc) is 3.71. The van der Waals surface area contributed by atoms with Gasteiger partial charge >= 0.3 is 18.4 Å². The maximum absolute atomic E-state index is 12.6. The summed E-state index contributed by atoms with van der Waals surface area (Å²) in [5.41, 5.74) is -0.428. The lowest BCUT2D eigenvalue weighted by Gasteiger charge is -2.17. The van der Waals surface area contributed by atoms with Crippen LogP contribution in [0.1, 0.15) is 38.4 Å². The van der Waals surface area contributed by atoms with Gasteiger partial charge in [-0.15, -0.1) is 0 Å². The molecular formula is C33H40F6N2O4. The molecule has 2 aliphatic rings. The first-order valence-corrected chi connectivity index (χ1v) is 14.2. The van der Waals surface area contributed by atoms with E-state index in [1.54, 1.807) is 4.90 Å². The first-order valence-electron chi connectivity index (χ1n) is 14.2. The number of amides is 1. The third-order valence-corrected chi connectivity index (χ3v) is 7.25. The fraction of sp³-hybridized carbons (Fsp3) is 0.424. The second-order valence-corrected chi connectivity index (χ2v) is 10.7. The van der Waals surface area contributed by atoms with Crippen molar-refractivity contribution < 1.29 is 46.8 Å². The van der Waals surface area contributed by atoms with Crippen LogP contribution in [0.3, 0.4) is 0 Å². The molecule has 0 bridgehead atoms. The molecule has 1 N–H and O–H groups in total. The number of ether oxygens (including phenoxy) is 3. The van der Waals surface area contributed by atoms with Crippen molar-refractivity contribution in [3.8, 4) is 11.5 Å². The summed E-state index contributed by atoms with van der Waals surface area (Å²) >= 11 is 0. The summed E-state index contributed by atoms with van der Waals surface area (Å²) in [6.45, 7) is 4.11. The predicted octanol–water partition coefficient (Wildman–Crippen LogP) is 8.32. The Balaban J connectivity index is 0.000000336. The molecule has 3 aromatic rings. The molecule has 2 aliphatic heterocycles. The highest BCUT2D eigenvalue weighted by Gasteiger charge is 2.31. The molecule has 2 saturated heterocycles. The van der Waals surface area contributed by atoms with Crippen molar-refractivity contribution in [2.45, 2.75) is 39.2 Å². The molecule has 0 saturated carbocycles. The van der Waals surface area contributed by atoms with Crippen molar-refractivity contribution >= 4 is 6.09 Å². The van der Waals surface area contributed by atoms with Crippen molar-refractivity contribution in [3.05, 3.63) is 95.6 Å². The van der Waals surface area contributed by atoms with Crippen molar-refractivity contribution in [1.29, 1.82) is 0 Å². The van der Waals surface area contributed by atoms with Gasteiger partial charge in [0.05, 0.1) is 24.3 Å². The Labute approximate surface area is 260 Å². The first-order chi connectivity index (χ1) is 21.0. The molecule has 12 heteroatoms. The molecule has 1 amide bonds. The minimum absolute atomic E-state index is 0. The van der Waals surface area contributed by atoms with Gasteiger partial charge in [-0.2, -0.15) is 26.3 Å². The highest BCUT2D eigenvalue weighted by atomic mass is 19.4. The molecular weight excluding hydrogens is 602 g/mol. The van der Waals surface area contributed by atoms with Gasteiger partial charge in [-0.1, -0.05) is 37.8 Å². The van der Waals surface area contributed by atoms with Crippen molar-refractivity contribution in [3.63, 3.8) is 0 Å². The Hall–Kier alpha value is -3.93. The number of nitrogens with one attached hydrogen (secondary N) is 1. The van der Waals surface area contributed by atoms with Crippen LogP contribution in [0.4, 0.5) is 31.1 Å². The number of carbonyl (C=O) groups is 1. The molecule has 2 atom stereocenters. The minimum atomic E-state index is -4.36. The standard InChI is InChI=1S/C20H20F3NO3.C12H14F3NO.CH4.H2/c21-20(22,23)17-6-8-18(9-7-17)26-14-16-10-11-24(12-16)19(25)27-13-15-4-2-1-3-5-15;13-12(14,15)10-1-3-11(4-2-10)17-8-9-5-6-16-7-9;;/h1-9,16H,10-14H2;1-4,9,16H,5-8H2;1H4;1H/t16-;9-;;/m11../s1. The topological polar surface area (TPSA) is 60.0 Å². The van der Waals surface area contributed by atoms with Crippen LogP contribution in [-0.2, 0) is 23.7 Å². The van der Waals surface area contributed by atoms with Crippen LogP contribution in [-0.4, -0.2) is 50.4 Å².